The van der Waals surface area contributed by atoms with Crippen LogP contribution in [-0.2, 0) is 14.8 Å². The van der Waals surface area contributed by atoms with Gasteiger partial charge in [-0.15, -0.1) is 16.8 Å². The summed E-state index contributed by atoms with van der Waals surface area (Å²) in [4.78, 5) is 13.9. The fraction of sp³-hybridized carbons (Fsp3) is 0.571. The number of fused-ring (bicyclic) bond motifs is 1. The number of hydrogen-bond donors (Lipinski definition) is 2. The predicted molar refractivity (Wildman–Crippen MR) is 92.9 cm³/mol. The molecule has 0 aromatic carbocycles. The first-order valence-electron chi connectivity index (χ1n) is 7.35. The van der Waals surface area contributed by atoms with Crippen LogP contribution in [-0.4, -0.2) is 49.4 Å². The van der Waals surface area contributed by atoms with Gasteiger partial charge < -0.3 is 16.0 Å². The largest absolute Gasteiger partial charge is 0.350 e. The summed E-state index contributed by atoms with van der Waals surface area (Å²) in [7, 11) is -3.38. The molecule has 1 amide bonds. The fourth-order valence-electron chi connectivity index (χ4n) is 2.19. The highest BCUT2D eigenvalue weighted by molar-refractivity contribution is 7.90. The molecule has 2 rings (SSSR count). The van der Waals surface area contributed by atoms with Crippen molar-refractivity contribution in [2.24, 2.45) is 10.1 Å². The molecule has 0 saturated carbocycles. The normalized spacial score (nSPS) is 19.2. The van der Waals surface area contributed by atoms with Crippen molar-refractivity contribution >= 4 is 34.2 Å². The van der Waals surface area contributed by atoms with Gasteiger partial charge in [0.1, 0.15) is 5.84 Å². The summed E-state index contributed by atoms with van der Waals surface area (Å²) < 4.78 is 26.5. The summed E-state index contributed by atoms with van der Waals surface area (Å²) in [5.41, 5.74) is 6.23. The van der Waals surface area contributed by atoms with Gasteiger partial charge in [-0.1, -0.05) is 13.8 Å². The smallest absolute Gasteiger partial charge is 0.256 e. The third kappa shape index (κ3) is 4.79. The van der Waals surface area contributed by atoms with Gasteiger partial charge in [0.25, 0.3) is 15.9 Å². The number of halogens is 1. The zero-order valence-corrected chi connectivity index (χ0v) is 14.9. The first-order valence-corrected chi connectivity index (χ1v) is 8.96. The quantitative estimate of drug-likeness (QED) is 0.742. The molecule has 7 nitrogen and oxygen atoms in total. The van der Waals surface area contributed by atoms with Crippen LogP contribution in [0.3, 0.4) is 0 Å². The van der Waals surface area contributed by atoms with Gasteiger partial charge in [-0.3, -0.25) is 4.79 Å². The second-order valence-corrected chi connectivity index (χ2v) is 7.35. The lowest BCUT2D eigenvalue weighted by atomic mass is 9.94. The third-order valence-corrected chi connectivity index (χ3v) is 5.26. The van der Waals surface area contributed by atoms with Crippen LogP contribution in [0.2, 0.25) is 0 Å². The first kappa shape index (κ1) is 19.7. The molecule has 0 aromatic heterocycles. The number of nitrogens with two attached hydrogens (primary N) is 1. The minimum Gasteiger partial charge on any atom is -0.350 e. The van der Waals surface area contributed by atoms with E-state index in [2.05, 4.69) is 9.71 Å². The highest BCUT2D eigenvalue weighted by Crippen LogP contribution is 2.16. The lowest BCUT2D eigenvalue weighted by molar-refractivity contribution is -0.117. The molecule has 0 aliphatic carbocycles. The number of carbonyl (C=O) groups excluding carboxylic acids is 1. The van der Waals surface area contributed by atoms with Crippen LogP contribution in [0, 0.1) is 0 Å². The average molecular weight is 363 g/mol. The number of carbonyl (C=O) groups is 1. The van der Waals surface area contributed by atoms with E-state index in [1.807, 2.05) is 13.8 Å². The number of amides is 1. The van der Waals surface area contributed by atoms with Crippen LogP contribution in [0.25, 0.3) is 0 Å². The van der Waals surface area contributed by atoms with Gasteiger partial charge in [0, 0.05) is 24.8 Å². The molecule has 0 fully saturated rings. The van der Waals surface area contributed by atoms with E-state index in [1.165, 1.54) is 0 Å². The zero-order chi connectivity index (χ0) is 16.4. The van der Waals surface area contributed by atoms with E-state index in [0.29, 0.717) is 24.5 Å². The highest BCUT2D eigenvalue weighted by Gasteiger charge is 2.26. The van der Waals surface area contributed by atoms with Crippen LogP contribution in [0.15, 0.2) is 28.3 Å². The molecule has 0 atom stereocenters. The summed E-state index contributed by atoms with van der Waals surface area (Å²) >= 11 is 0. The molecular formula is C14H23ClN4O3S. The number of nitrogens with one attached hydrogen (secondary N) is 1. The Bertz CT molecular complexity index is 651. The van der Waals surface area contributed by atoms with Gasteiger partial charge in [0.05, 0.1) is 11.3 Å². The molecule has 2 aliphatic rings. The van der Waals surface area contributed by atoms with Crippen molar-refractivity contribution in [3.63, 3.8) is 0 Å². The van der Waals surface area contributed by atoms with Crippen LogP contribution in [0.1, 0.15) is 26.7 Å². The van der Waals surface area contributed by atoms with Crippen molar-refractivity contribution in [2.75, 3.05) is 18.8 Å². The topological polar surface area (TPSA) is 105 Å². The van der Waals surface area contributed by atoms with Gasteiger partial charge in [0.2, 0.25) is 0 Å². The Morgan fingerprint density at radius 2 is 2.04 bits per heavy atom. The molecule has 0 bridgehead atoms. The summed E-state index contributed by atoms with van der Waals surface area (Å²) in [6, 6.07) is 0. The van der Waals surface area contributed by atoms with Gasteiger partial charge >= 0.3 is 0 Å². The van der Waals surface area contributed by atoms with Crippen molar-refractivity contribution in [3.8, 4) is 0 Å². The number of nitrogens with zero attached hydrogens (tertiary/aromatic N) is 2. The van der Waals surface area contributed by atoms with E-state index in [9.17, 15) is 13.2 Å². The standard InChI is InChI=1S/C14H22N4O3S.ClH/c1-3-14(15,4-2)10-16-13(19)11-5-6-12-17-22(20,21)8-7-18(12)9-11;/h5-6,9H,3-4,7-8,10,15H2,1-2H3,(H,16,19);1H. The Hall–Kier alpha value is -1.38. The van der Waals surface area contributed by atoms with Crippen molar-refractivity contribution in [1.82, 2.24) is 10.2 Å². The van der Waals surface area contributed by atoms with Crippen molar-refractivity contribution in [3.05, 3.63) is 23.9 Å². The molecule has 0 saturated heterocycles. The second kappa shape index (κ2) is 7.46. The predicted octanol–water partition coefficient (Wildman–Crippen LogP) is 0.540. The Morgan fingerprint density at radius 3 is 2.65 bits per heavy atom. The SMILES string of the molecule is CCC(N)(CC)CNC(=O)C1=CN2CCS(=O)(=O)N=C2C=C1.Cl. The summed E-state index contributed by atoms with van der Waals surface area (Å²) in [6.45, 7) is 4.69. The fourth-order valence-corrected chi connectivity index (χ4v) is 3.16. The van der Waals surface area contributed by atoms with E-state index in [1.54, 1.807) is 23.3 Å². The van der Waals surface area contributed by atoms with Gasteiger partial charge in [-0.25, -0.2) is 8.42 Å². The van der Waals surface area contributed by atoms with Crippen molar-refractivity contribution in [1.29, 1.82) is 0 Å². The molecule has 0 aromatic rings. The van der Waals surface area contributed by atoms with Crippen LogP contribution < -0.4 is 11.1 Å². The van der Waals surface area contributed by atoms with E-state index in [-0.39, 0.29) is 24.1 Å². The molecule has 130 valence electrons. The zero-order valence-electron chi connectivity index (χ0n) is 13.3. The van der Waals surface area contributed by atoms with E-state index in [0.717, 1.165) is 12.8 Å². The lowest BCUT2D eigenvalue weighted by Crippen LogP contribution is -2.49. The minimum atomic E-state index is -3.38. The average Bonchev–Trinajstić information content (AvgIpc) is 2.51. The number of hydrogen-bond acceptors (Lipinski definition) is 5. The van der Waals surface area contributed by atoms with Crippen molar-refractivity contribution < 1.29 is 13.2 Å². The molecule has 23 heavy (non-hydrogen) atoms. The molecule has 3 N–H and O–H groups in total. The van der Waals surface area contributed by atoms with E-state index >= 15 is 0 Å². The Balaban J connectivity index is 0.00000264. The maximum atomic E-state index is 12.2. The molecule has 0 spiro atoms. The van der Waals surface area contributed by atoms with Gasteiger partial charge in [0.15, 0.2) is 0 Å². The molecule has 0 unspecified atom stereocenters. The minimum absolute atomic E-state index is 0. The number of rotatable bonds is 5. The molecular weight excluding hydrogens is 340 g/mol. The Kier molecular flexibility index (Phi) is 6.38. The van der Waals surface area contributed by atoms with Gasteiger partial charge in [-0.05, 0) is 25.0 Å². The van der Waals surface area contributed by atoms with E-state index in [4.69, 9.17) is 5.73 Å². The molecule has 9 heteroatoms. The molecule has 2 aliphatic heterocycles. The Labute approximate surface area is 143 Å². The summed E-state index contributed by atoms with van der Waals surface area (Å²) in [6.07, 6.45) is 6.29. The molecule has 2 heterocycles. The van der Waals surface area contributed by atoms with E-state index < -0.39 is 15.6 Å². The maximum absolute atomic E-state index is 12.2. The number of sulfonamides is 1. The maximum Gasteiger partial charge on any atom is 0.256 e. The summed E-state index contributed by atoms with van der Waals surface area (Å²) in [5.74, 6) is 0.0754. The van der Waals surface area contributed by atoms with Gasteiger partial charge in [-0.2, -0.15) is 0 Å². The lowest BCUT2D eigenvalue weighted by Gasteiger charge is -2.29. The van der Waals surface area contributed by atoms with Crippen molar-refractivity contribution in [2.45, 2.75) is 32.2 Å². The summed E-state index contributed by atoms with van der Waals surface area (Å²) in [5, 5.41) is 2.84. The van der Waals surface area contributed by atoms with Crippen LogP contribution in [0.4, 0.5) is 0 Å². The van der Waals surface area contributed by atoms with Crippen LogP contribution >= 0.6 is 12.4 Å². The highest BCUT2D eigenvalue weighted by atomic mass is 35.5. The molecule has 0 radical (unpaired) electrons. The first-order chi connectivity index (χ1) is 10.3. The monoisotopic (exact) mass is 362 g/mol. The Morgan fingerprint density at radius 1 is 1.39 bits per heavy atom. The second-order valence-electron chi connectivity index (χ2n) is 5.60. The third-order valence-electron chi connectivity index (χ3n) is 4.10. The number of amidine groups is 1. The van der Waals surface area contributed by atoms with Crippen LogP contribution in [0.5, 0.6) is 0 Å².